The molecule has 0 aliphatic heterocycles. The van der Waals surface area contributed by atoms with Gasteiger partial charge in [0.25, 0.3) is 5.91 Å². The van der Waals surface area contributed by atoms with Crippen molar-refractivity contribution in [3.63, 3.8) is 0 Å². The molecule has 0 unspecified atom stereocenters. The zero-order valence-electron chi connectivity index (χ0n) is 11.1. The Hall–Kier alpha value is -1.40. The van der Waals surface area contributed by atoms with Crippen molar-refractivity contribution in [2.45, 2.75) is 13.0 Å². The summed E-state index contributed by atoms with van der Waals surface area (Å²) in [5.41, 5.74) is 2.60. The molecule has 4 heteroatoms. The van der Waals surface area contributed by atoms with Gasteiger partial charge >= 0.3 is 0 Å². The first-order chi connectivity index (χ1) is 9.63. The van der Waals surface area contributed by atoms with Crippen molar-refractivity contribution in [1.29, 1.82) is 0 Å². The third kappa shape index (κ3) is 3.37. The molecule has 1 atom stereocenters. The monoisotopic (exact) mass is 381 g/mol. The van der Waals surface area contributed by atoms with Crippen molar-refractivity contribution in [1.82, 2.24) is 5.32 Å². The lowest BCUT2D eigenvalue weighted by Crippen LogP contribution is -2.31. The van der Waals surface area contributed by atoms with E-state index in [1.807, 2.05) is 49.4 Å². The molecule has 0 fully saturated rings. The van der Waals surface area contributed by atoms with Gasteiger partial charge in [0.1, 0.15) is 0 Å². The van der Waals surface area contributed by atoms with Crippen molar-refractivity contribution < 1.29 is 9.90 Å². The number of hydrogen-bond acceptors (Lipinski definition) is 2. The van der Waals surface area contributed by atoms with Crippen LogP contribution in [0.2, 0.25) is 0 Å². The summed E-state index contributed by atoms with van der Waals surface area (Å²) >= 11 is 2.17. The number of rotatable bonds is 4. The Morgan fingerprint density at radius 3 is 2.55 bits per heavy atom. The van der Waals surface area contributed by atoms with Crippen LogP contribution in [0.1, 0.15) is 27.5 Å². The van der Waals surface area contributed by atoms with Gasteiger partial charge in [-0.05, 0) is 46.7 Å². The largest absolute Gasteiger partial charge is 0.394 e. The second-order valence-electron chi connectivity index (χ2n) is 4.56. The van der Waals surface area contributed by atoms with E-state index in [0.717, 1.165) is 14.7 Å². The second kappa shape index (κ2) is 6.85. The molecule has 2 rings (SSSR count). The van der Waals surface area contributed by atoms with Crippen LogP contribution >= 0.6 is 22.6 Å². The number of carbonyl (C=O) groups is 1. The minimum Gasteiger partial charge on any atom is -0.394 e. The number of aliphatic hydroxyl groups is 1. The lowest BCUT2D eigenvalue weighted by atomic mass is 10.1. The third-order valence-electron chi connectivity index (χ3n) is 3.13. The molecule has 20 heavy (non-hydrogen) atoms. The first kappa shape index (κ1) is 15.0. The lowest BCUT2D eigenvalue weighted by molar-refractivity contribution is 0.0915. The Bertz CT molecular complexity index is 599. The van der Waals surface area contributed by atoms with Crippen molar-refractivity contribution in [2.24, 2.45) is 0 Å². The van der Waals surface area contributed by atoms with Crippen molar-refractivity contribution in [2.75, 3.05) is 6.61 Å². The summed E-state index contributed by atoms with van der Waals surface area (Å²) in [6, 6.07) is 14.7. The molecule has 3 nitrogen and oxygen atoms in total. The number of amides is 1. The van der Waals surface area contributed by atoms with Gasteiger partial charge in [0.15, 0.2) is 0 Å². The Morgan fingerprint density at radius 2 is 1.90 bits per heavy atom. The highest BCUT2D eigenvalue weighted by Crippen LogP contribution is 2.18. The van der Waals surface area contributed by atoms with E-state index in [1.165, 1.54) is 0 Å². The summed E-state index contributed by atoms with van der Waals surface area (Å²) < 4.78 is 0.937. The summed E-state index contributed by atoms with van der Waals surface area (Å²) in [5, 5.41) is 12.4. The van der Waals surface area contributed by atoms with Gasteiger partial charge in [-0.2, -0.15) is 0 Å². The van der Waals surface area contributed by atoms with Gasteiger partial charge in [-0.15, -0.1) is 0 Å². The van der Waals surface area contributed by atoms with Crippen LogP contribution in [0.25, 0.3) is 0 Å². The Labute approximate surface area is 132 Å². The predicted molar refractivity (Wildman–Crippen MR) is 87.6 cm³/mol. The summed E-state index contributed by atoms with van der Waals surface area (Å²) in [6.07, 6.45) is 0. The Morgan fingerprint density at radius 1 is 1.20 bits per heavy atom. The molecule has 0 heterocycles. The highest BCUT2D eigenvalue weighted by atomic mass is 127. The van der Waals surface area contributed by atoms with Crippen molar-refractivity contribution in [3.05, 3.63) is 68.8 Å². The van der Waals surface area contributed by atoms with E-state index in [2.05, 4.69) is 27.9 Å². The molecule has 0 bridgehead atoms. The zero-order chi connectivity index (χ0) is 14.5. The minimum atomic E-state index is -0.389. The van der Waals surface area contributed by atoms with E-state index in [4.69, 9.17) is 0 Å². The molecule has 0 aromatic heterocycles. The predicted octanol–water partition coefficient (Wildman–Crippen LogP) is 3.06. The van der Waals surface area contributed by atoms with Gasteiger partial charge in [-0.3, -0.25) is 4.79 Å². The molecule has 104 valence electrons. The maximum atomic E-state index is 12.3. The quantitative estimate of drug-likeness (QED) is 0.800. The molecule has 2 aromatic carbocycles. The first-order valence-corrected chi connectivity index (χ1v) is 7.43. The Balaban J connectivity index is 2.20. The zero-order valence-corrected chi connectivity index (χ0v) is 13.3. The van der Waals surface area contributed by atoms with Crippen molar-refractivity contribution in [3.8, 4) is 0 Å². The van der Waals surface area contributed by atoms with Crippen molar-refractivity contribution >= 4 is 28.5 Å². The van der Waals surface area contributed by atoms with Gasteiger partial charge in [0, 0.05) is 3.57 Å². The number of halogens is 1. The van der Waals surface area contributed by atoms with E-state index in [-0.39, 0.29) is 18.6 Å². The van der Waals surface area contributed by atoms with Crippen LogP contribution in [0, 0.1) is 10.5 Å². The maximum Gasteiger partial charge on any atom is 0.252 e. The number of carbonyl (C=O) groups excluding carboxylic acids is 1. The molecule has 0 saturated carbocycles. The molecule has 0 aliphatic carbocycles. The summed E-state index contributed by atoms with van der Waals surface area (Å²) in [4.78, 5) is 12.3. The van der Waals surface area contributed by atoms with E-state index < -0.39 is 0 Å². The van der Waals surface area contributed by atoms with Crippen LogP contribution in [0.5, 0.6) is 0 Å². The number of hydrogen-bond donors (Lipinski definition) is 2. The fourth-order valence-electron chi connectivity index (χ4n) is 1.98. The van der Waals surface area contributed by atoms with Crippen LogP contribution in [-0.2, 0) is 0 Å². The average molecular weight is 381 g/mol. The van der Waals surface area contributed by atoms with Crippen LogP contribution in [0.4, 0.5) is 0 Å². The highest BCUT2D eigenvalue weighted by Gasteiger charge is 2.17. The smallest absolute Gasteiger partial charge is 0.252 e. The molecule has 1 amide bonds. The first-order valence-electron chi connectivity index (χ1n) is 6.35. The van der Waals surface area contributed by atoms with Gasteiger partial charge in [-0.25, -0.2) is 0 Å². The summed E-state index contributed by atoms with van der Waals surface area (Å²) in [6.45, 7) is 1.84. The molecule has 0 radical (unpaired) electrons. The summed E-state index contributed by atoms with van der Waals surface area (Å²) in [7, 11) is 0. The van der Waals surface area contributed by atoms with Gasteiger partial charge in [-0.1, -0.05) is 42.5 Å². The highest BCUT2D eigenvalue weighted by molar-refractivity contribution is 14.1. The van der Waals surface area contributed by atoms with Crippen LogP contribution in [0.3, 0.4) is 0 Å². The van der Waals surface area contributed by atoms with E-state index >= 15 is 0 Å². The van der Waals surface area contributed by atoms with Gasteiger partial charge in [0.2, 0.25) is 0 Å². The fourth-order valence-corrected chi connectivity index (χ4v) is 2.58. The van der Waals surface area contributed by atoms with Gasteiger partial charge < -0.3 is 10.4 Å². The molecular weight excluding hydrogens is 365 g/mol. The van der Waals surface area contributed by atoms with E-state index in [1.54, 1.807) is 6.07 Å². The SMILES string of the molecule is Cc1cccc(C(=O)N[C@@H](CO)c2ccccc2)c1I. The molecule has 2 N–H and O–H groups in total. The lowest BCUT2D eigenvalue weighted by Gasteiger charge is -2.17. The molecule has 0 aliphatic rings. The number of benzene rings is 2. The minimum absolute atomic E-state index is 0.127. The molecule has 0 saturated heterocycles. The number of aliphatic hydroxyl groups excluding tert-OH is 1. The van der Waals surface area contributed by atoms with Crippen LogP contribution < -0.4 is 5.32 Å². The van der Waals surface area contributed by atoms with Crippen LogP contribution in [0.15, 0.2) is 48.5 Å². The third-order valence-corrected chi connectivity index (χ3v) is 4.56. The maximum absolute atomic E-state index is 12.3. The average Bonchev–Trinajstić information content (AvgIpc) is 2.48. The van der Waals surface area contributed by atoms with Gasteiger partial charge in [0.05, 0.1) is 18.2 Å². The fraction of sp³-hybridized carbons (Fsp3) is 0.188. The molecule has 0 spiro atoms. The van der Waals surface area contributed by atoms with E-state index in [9.17, 15) is 9.90 Å². The van der Waals surface area contributed by atoms with E-state index in [0.29, 0.717) is 5.56 Å². The normalized spacial score (nSPS) is 11.9. The second-order valence-corrected chi connectivity index (χ2v) is 5.63. The Kier molecular flexibility index (Phi) is 5.14. The number of aryl methyl sites for hydroxylation is 1. The molecule has 2 aromatic rings. The van der Waals surface area contributed by atoms with Crippen LogP contribution in [-0.4, -0.2) is 17.6 Å². The topological polar surface area (TPSA) is 49.3 Å². The molecular formula is C16H16INO2. The summed E-state index contributed by atoms with van der Waals surface area (Å²) in [5.74, 6) is -0.166. The standard InChI is InChI=1S/C16H16INO2/c1-11-6-5-9-13(15(11)17)16(20)18-14(10-19)12-7-3-2-4-8-12/h2-9,14,19H,10H2,1H3,(H,18,20)/t14-/m0/s1. The number of nitrogens with one attached hydrogen (secondary N) is 1.